The van der Waals surface area contributed by atoms with Crippen molar-refractivity contribution < 1.29 is 17.9 Å². The van der Waals surface area contributed by atoms with Crippen LogP contribution in [0.2, 0.25) is 0 Å². The van der Waals surface area contributed by atoms with E-state index >= 15 is 0 Å². The third-order valence-electron chi connectivity index (χ3n) is 7.50. The van der Waals surface area contributed by atoms with Crippen LogP contribution in [0.25, 0.3) is 23.3 Å². The van der Waals surface area contributed by atoms with Crippen LogP contribution in [-0.2, 0) is 0 Å². The van der Waals surface area contributed by atoms with Gasteiger partial charge in [0.05, 0.1) is 7.11 Å². The van der Waals surface area contributed by atoms with E-state index in [1.54, 1.807) is 36.4 Å². The maximum Gasteiger partial charge on any atom is 0.166 e. The van der Waals surface area contributed by atoms with Gasteiger partial charge in [0.2, 0.25) is 0 Å². The summed E-state index contributed by atoms with van der Waals surface area (Å²) in [5.74, 6) is -0.560. The van der Waals surface area contributed by atoms with Crippen LogP contribution in [0.5, 0.6) is 5.75 Å². The molecule has 1 aliphatic carbocycles. The van der Waals surface area contributed by atoms with E-state index in [2.05, 4.69) is 6.92 Å². The van der Waals surface area contributed by atoms with Gasteiger partial charge in [-0.25, -0.2) is 13.2 Å². The largest absolute Gasteiger partial charge is 0.497 e. The highest BCUT2D eigenvalue weighted by atomic mass is 19.2. The molecule has 0 unspecified atom stereocenters. The van der Waals surface area contributed by atoms with Gasteiger partial charge in [-0.05, 0) is 66.3 Å². The molecule has 0 spiro atoms. The van der Waals surface area contributed by atoms with Crippen molar-refractivity contribution in [1.82, 2.24) is 0 Å². The first-order valence-electron chi connectivity index (χ1n) is 13.1. The molecule has 0 saturated heterocycles. The van der Waals surface area contributed by atoms with Gasteiger partial charge in [-0.1, -0.05) is 81.2 Å². The Balaban J connectivity index is 1.41. The number of hydrogen-bond acceptors (Lipinski definition) is 1. The average Bonchev–Trinajstić information content (AvgIpc) is 2.90. The monoisotopic (exact) mass is 492 g/mol. The SMILES string of the molecule is CCCCCC1CCC(c2ccc(/C=C/c3ccc(-c4ccc(OC)cc4F)cc3)c(F)c2F)CC1. The van der Waals surface area contributed by atoms with Crippen molar-refractivity contribution in [3.8, 4) is 16.9 Å². The lowest BCUT2D eigenvalue weighted by Gasteiger charge is -2.29. The van der Waals surface area contributed by atoms with Crippen molar-refractivity contribution in [3.63, 3.8) is 0 Å². The fourth-order valence-electron chi connectivity index (χ4n) is 5.29. The molecule has 3 aromatic rings. The maximum atomic E-state index is 15.0. The van der Waals surface area contributed by atoms with Gasteiger partial charge < -0.3 is 4.74 Å². The third-order valence-corrected chi connectivity index (χ3v) is 7.50. The molecule has 190 valence electrons. The summed E-state index contributed by atoms with van der Waals surface area (Å²) in [7, 11) is 1.50. The van der Waals surface area contributed by atoms with E-state index < -0.39 is 11.6 Å². The van der Waals surface area contributed by atoms with Crippen LogP contribution in [0.3, 0.4) is 0 Å². The quantitative estimate of drug-likeness (QED) is 0.213. The van der Waals surface area contributed by atoms with Crippen LogP contribution in [0, 0.1) is 23.4 Å². The third kappa shape index (κ3) is 6.21. The smallest absolute Gasteiger partial charge is 0.166 e. The zero-order chi connectivity index (χ0) is 25.5. The van der Waals surface area contributed by atoms with Crippen LogP contribution in [0.1, 0.15) is 80.9 Å². The van der Waals surface area contributed by atoms with Crippen LogP contribution in [-0.4, -0.2) is 7.11 Å². The van der Waals surface area contributed by atoms with Crippen molar-refractivity contribution in [2.24, 2.45) is 5.92 Å². The van der Waals surface area contributed by atoms with Gasteiger partial charge in [0.15, 0.2) is 11.6 Å². The topological polar surface area (TPSA) is 9.23 Å². The van der Waals surface area contributed by atoms with Crippen molar-refractivity contribution in [2.45, 2.75) is 64.2 Å². The van der Waals surface area contributed by atoms with Gasteiger partial charge in [0.1, 0.15) is 11.6 Å². The molecule has 4 rings (SSSR count). The Morgan fingerprint density at radius 2 is 1.58 bits per heavy atom. The van der Waals surface area contributed by atoms with E-state index in [1.807, 2.05) is 24.3 Å². The molecule has 1 saturated carbocycles. The number of ether oxygens (including phenoxy) is 1. The number of rotatable bonds is 9. The maximum absolute atomic E-state index is 15.0. The Kier molecular flexibility index (Phi) is 8.90. The first-order chi connectivity index (χ1) is 17.5. The van der Waals surface area contributed by atoms with Crippen molar-refractivity contribution in [1.29, 1.82) is 0 Å². The van der Waals surface area contributed by atoms with E-state index in [1.165, 1.54) is 38.9 Å². The average molecular weight is 493 g/mol. The summed E-state index contributed by atoms with van der Waals surface area (Å²) < 4.78 is 49.3. The van der Waals surface area contributed by atoms with Crippen LogP contribution < -0.4 is 4.74 Å². The number of methoxy groups -OCH3 is 1. The summed E-state index contributed by atoms with van der Waals surface area (Å²) in [4.78, 5) is 0. The molecule has 0 N–H and O–H groups in total. The van der Waals surface area contributed by atoms with Crippen LogP contribution in [0.15, 0.2) is 54.6 Å². The molecule has 0 atom stereocenters. The zero-order valence-corrected chi connectivity index (χ0v) is 21.2. The molecule has 0 aromatic heterocycles. The lowest BCUT2D eigenvalue weighted by molar-refractivity contribution is 0.298. The second-order valence-electron chi connectivity index (χ2n) is 9.89. The first kappa shape index (κ1) is 26.1. The minimum absolute atomic E-state index is 0.103. The fraction of sp³-hybridized carbons (Fsp3) is 0.375. The number of unbranched alkanes of at least 4 members (excludes halogenated alkanes) is 2. The predicted octanol–water partition coefficient (Wildman–Crippen LogP) is 9.80. The van der Waals surface area contributed by atoms with E-state index in [9.17, 15) is 13.2 Å². The van der Waals surface area contributed by atoms with E-state index in [4.69, 9.17) is 4.74 Å². The van der Waals surface area contributed by atoms with Gasteiger partial charge in [-0.3, -0.25) is 0 Å². The molecule has 0 radical (unpaired) electrons. The van der Waals surface area contributed by atoms with Crippen molar-refractivity contribution in [3.05, 3.63) is 88.7 Å². The fourth-order valence-corrected chi connectivity index (χ4v) is 5.29. The summed E-state index contributed by atoms with van der Waals surface area (Å²) in [6.45, 7) is 2.22. The Labute approximate surface area is 213 Å². The summed E-state index contributed by atoms with van der Waals surface area (Å²) in [6, 6.07) is 15.5. The Morgan fingerprint density at radius 3 is 2.25 bits per heavy atom. The van der Waals surface area contributed by atoms with Crippen LogP contribution >= 0.6 is 0 Å². The molecule has 0 heterocycles. The Bertz CT molecular complexity index is 1170. The van der Waals surface area contributed by atoms with Gasteiger partial charge in [0, 0.05) is 17.2 Å². The Morgan fingerprint density at radius 1 is 0.833 bits per heavy atom. The summed E-state index contributed by atoms with van der Waals surface area (Å²) in [5, 5.41) is 0. The summed E-state index contributed by atoms with van der Waals surface area (Å²) >= 11 is 0. The second kappa shape index (κ2) is 12.3. The lowest BCUT2D eigenvalue weighted by Crippen LogP contribution is -2.15. The summed E-state index contributed by atoms with van der Waals surface area (Å²) in [5.41, 5.74) is 2.77. The first-order valence-corrected chi connectivity index (χ1v) is 13.1. The molecule has 0 bridgehead atoms. The number of benzene rings is 3. The molecule has 1 nitrogen and oxygen atoms in total. The molecule has 0 aliphatic heterocycles. The number of hydrogen-bond donors (Lipinski definition) is 0. The van der Waals surface area contributed by atoms with Gasteiger partial charge in [-0.15, -0.1) is 0 Å². The van der Waals surface area contributed by atoms with Gasteiger partial charge in [0.25, 0.3) is 0 Å². The lowest BCUT2D eigenvalue weighted by atomic mass is 9.76. The van der Waals surface area contributed by atoms with Crippen molar-refractivity contribution >= 4 is 12.2 Å². The highest BCUT2D eigenvalue weighted by Crippen LogP contribution is 2.39. The Hall–Kier alpha value is -3.01. The minimum atomic E-state index is -0.786. The predicted molar refractivity (Wildman–Crippen MR) is 143 cm³/mol. The standard InChI is InChI=1S/C32H35F3O/c1-3-4-5-6-22-7-14-25(15-8-22)29-19-17-26(31(34)32(29)35)16-11-23-9-12-24(13-10-23)28-20-18-27(36-2)21-30(28)33/h9-13,16-22,25H,3-8,14-15H2,1-2H3/b16-11+. The zero-order valence-electron chi connectivity index (χ0n) is 21.2. The van der Waals surface area contributed by atoms with E-state index in [0.717, 1.165) is 42.7 Å². The van der Waals surface area contributed by atoms with Gasteiger partial charge >= 0.3 is 0 Å². The molecular formula is C32H35F3O. The molecule has 3 aromatic carbocycles. The molecule has 0 amide bonds. The second-order valence-corrected chi connectivity index (χ2v) is 9.89. The summed E-state index contributed by atoms with van der Waals surface area (Å²) in [6.07, 6.45) is 12.5. The molecule has 1 aliphatic rings. The number of halogens is 3. The van der Waals surface area contributed by atoms with Crippen LogP contribution in [0.4, 0.5) is 13.2 Å². The van der Waals surface area contributed by atoms with E-state index in [-0.39, 0.29) is 17.3 Å². The normalized spacial score (nSPS) is 18.0. The minimum Gasteiger partial charge on any atom is -0.497 e. The molecule has 4 heteroatoms. The van der Waals surface area contributed by atoms with E-state index in [0.29, 0.717) is 16.9 Å². The van der Waals surface area contributed by atoms with Crippen molar-refractivity contribution in [2.75, 3.05) is 7.11 Å². The van der Waals surface area contributed by atoms with Gasteiger partial charge in [-0.2, -0.15) is 0 Å². The highest BCUT2D eigenvalue weighted by Gasteiger charge is 2.25. The molecule has 36 heavy (non-hydrogen) atoms. The highest BCUT2D eigenvalue weighted by molar-refractivity contribution is 5.73. The molecular weight excluding hydrogens is 457 g/mol. The molecule has 1 fully saturated rings.